The Morgan fingerprint density at radius 1 is 0.857 bits per heavy atom. The van der Waals surface area contributed by atoms with Gasteiger partial charge < -0.3 is 0 Å². The molecule has 0 heterocycles. The first-order valence-corrected chi connectivity index (χ1v) is 8.79. The average Bonchev–Trinajstić information content (AvgIpc) is 2.36. The smallest absolute Gasteiger partial charge is 0.198 e. The van der Waals surface area contributed by atoms with Gasteiger partial charge in [-0.15, -0.1) is 0 Å². The number of nitrogens with zero attached hydrogens (tertiary/aromatic N) is 2. The van der Waals surface area contributed by atoms with Gasteiger partial charge in [0.05, 0.1) is 4.90 Å². The van der Waals surface area contributed by atoms with E-state index in [0.717, 1.165) is 16.7 Å². The van der Waals surface area contributed by atoms with Gasteiger partial charge in [0, 0.05) is 7.05 Å². The molecule has 118 valence electrons. The molecule has 1 rings (SSSR count). The van der Waals surface area contributed by atoms with Crippen LogP contribution in [0.3, 0.4) is 0 Å². The molecule has 0 radical (unpaired) electrons. The van der Waals surface area contributed by atoms with Crippen LogP contribution >= 0.6 is 0 Å². The van der Waals surface area contributed by atoms with E-state index in [0.29, 0.717) is 10.8 Å². The van der Waals surface area contributed by atoms with Gasteiger partial charge >= 0.3 is 0 Å². The maximum absolute atomic E-state index is 12.5. The average molecular weight is 310 g/mol. The van der Waals surface area contributed by atoms with Crippen molar-refractivity contribution in [3.05, 3.63) is 28.8 Å². The van der Waals surface area contributed by atoms with Crippen molar-refractivity contribution in [1.29, 1.82) is 0 Å². The molecule has 0 fully saturated rings. The molecule has 5 heteroatoms. The van der Waals surface area contributed by atoms with Crippen LogP contribution in [-0.2, 0) is 10.0 Å². The molecule has 4 nitrogen and oxygen atoms in total. The van der Waals surface area contributed by atoms with Crippen molar-refractivity contribution in [2.75, 3.05) is 7.05 Å². The highest BCUT2D eigenvalue weighted by atomic mass is 32.2. The van der Waals surface area contributed by atoms with E-state index in [1.165, 1.54) is 7.05 Å². The Morgan fingerprint density at radius 2 is 1.29 bits per heavy atom. The number of rotatable bonds is 5. The molecule has 0 unspecified atom stereocenters. The Bertz CT molecular complexity index is 601. The molecule has 0 amide bonds. The molecule has 0 N–H and O–H groups in total. The number of benzene rings is 1. The molecular weight excluding hydrogens is 284 g/mol. The highest BCUT2D eigenvalue weighted by Gasteiger charge is 2.26. The van der Waals surface area contributed by atoms with Crippen LogP contribution in [0.4, 0.5) is 0 Å². The molecule has 0 atom stereocenters. The summed E-state index contributed by atoms with van der Waals surface area (Å²) in [7, 11) is -2.37. The van der Waals surface area contributed by atoms with Gasteiger partial charge in [0.15, 0.2) is 0 Å². The van der Waals surface area contributed by atoms with E-state index >= 15 is 0 Å². The largest absolute Gasteiger partial charge is 0.299 e. The normalized spacial score (nSPS) is 13.0. The van der Waals surface area contributed by atoms with Crippen LogP contribution in [0.2, 0.25) is 0 Å². The third-order valence-corrected chi connectivity index (χ3v) is 4.89. The van der Waals surface area contributed by atoms with Crippen LogP contribution in [0.5, 0.6) is 0 Å². The molecular formula is C16H26N2O2S. The zero-order chi connectivity index (χ0) is 16.4. The molecule has 1 aromatic carbocycles. The van der Waals surface area contributed by atoms with Gasteiger partial charge in [-0.2, -0.15) is 13.5 Å². The lowest BCUT2D eigenvalue weighted by molar-refractivity contribution is 0.589. The lowest BCUT2D eigenvalue weighted by atomic mass is 9.89. The van der Waals surface area contributed by atoms with Crippen molar-refractivity contribution in [3.63, 3.8) is 0 Å². The maximum atomic E-state index is 12.5. The molecule has 0 aliphatic rings. The fourth-order valence-corrected chi connectivity index (χ4v) is 3.82. The Hall–Kier alpha value is -1.23. The molecule has 0 aliphatic carbocycles. The Morgan fingerprint density at radius 3 is 1.57 bits per heavy atom. The predicted molar refractivity (Wildman–Crippen MR) is 86.7 cm³/mol. The van der Waals surface area contributed by atoms with Gasteiger partial charge in [-0.05, 0) is 34.4 Å². The topological polar surface area (TPSA) is 58.9 Å². The van der Waals surface area contributed by atoms with Crippen molar-refractivity contribution >= 4 is 10.0 Å². The lowest BCUT2D eigenvalue weighted by Gasteiger charge is -2.21. The fourth-order valence-electron chi connectivity index (χ4n) is 2.34. The second-order valence-electron chi connectivity index (χ2n) is 6.25. The first-order valence-electron chi connectivity index (χ1n) is 7.35. The summed E-state index contributed by atoms with van der Waals surface area (Å²) in [4.78, 5) is 0.336. The molecule has 0 spiro atoms. The maximum Gasteiger partial charge on any atom is 0.299 e. The number of sulfonamides is 1. The summed E-state index contributed by atoms with van der Waals surface area (Å²) >= 11 is 0. The highest BCUT2D eigenvalue weighted by molar-refractivity contribution is 7.90. The van der Waals surface area contributed by atoms with E-state index in [1.54, 1.807) is 0 Å². The minimum absolute atomic E-state index is 0.109. The first kappa shape index (κ1) is 17.8. The third kappa shape index (κ3) is 3.90. The summed E-state index contributed by atoms with van der Waals surface area (Å²) in [6, 6.07) is 4.00. The van der Waals surface area contributed by atoms with Crippen LogP contribution in [0.15, 0.2) is 26.7 Å². The SMILES string of the molecule is CN=NS(=O)(=O)c1c(C(C)C)cc(C(C)C)cc1C(C)C. The summed E-state index contributed by atoms with van der Waals surface area (Å²) in [5.41, 5.74) is 2.82. The molecule has 0 aromatic heterocycles. The molecule has 0 saturated heterocycles. The van der Waals surface area contributed by atoms with E-state index in [4.69, 9.17) is 0 Å². The summed E-state index contributed by atoms with van der Waals surface area (Å²) in [5.74, 6) is 0.570. The molecule has 21 heavy (non-hydrogen) atoms. The van der Waals surface area contributed by atoms with Gasteiger partial charge in [0.25, 0.3) is 10.0 Å². The molecule has 0 aliphatic heterocycles. The minimum Gasteiger partial charge on any atom is -0.198 e. The van der Waals surface area contributed by atoms with Crippen molar-refractivity contribution < 1.29 is 8.42 Å². The van der Waals surface area contributed by atoms with E-state index < -0.39 is 10.0 Å². The molecule has 1 aromatic rings. The first-order chi connectivity index (χ1) is 9.61. The highest BCUT2D eigenvalue weighted by Crippen LogP contribution is 2.35. The molecule has 0 bridgehead atoms. The zero-order valence-corrected chi connectivity index (χ0v) is 14.8. The van der Waals surface area contributed by atoms with E-state index in [-0.39, 0.29) is 11.8 Å². The number of hydrogen-bond acceptors (Lipinski definition) is 3. The van der Waals surface area contributed by atoms with Crippen LogP contribution in [0.25, 0.3) is 0 Å². The van der Waals surface area contributed by atoms with Crippen LogP contribution in [0, 0.1) is 0 Å². The number of hydrogen-bond donors (Lipinski definition) is 0. The molecule has 0 saturated carbocycles. The van der Waals surface area contributed by atoms with Crippen molar-refractivity contribution in [2.45, 2.75) is 64.2 Å². The van der Waals surface area contributed by atoms with Crippen LogP contribution < -0.4 is 0 Å². The van der Waals surface area contributed by atoms with Gasteiger partial charge in [0.1, 0.15) is 0 Å². The summed E-state index contributed by atoms with van der Waals surface area (Å²) in [5, 5.41) is 3.48. The predicted octanol–water partition coefficient (Wildman–Crippen LogP) is 4.83. The van der Waals surface area contributed by atoms with Gasteiger partial charge in [-0.25, -0.2) is 0 Å². The lowest BCUT2D eigenvalue weighted by Crippen LogP contribution is -2.10. The minimum atomic E-state index is -3.75. The van der Waals surface area contributed by atoms with Crippen molar-refractivity contribution in [1.82, 2.24) is 0 Å². The summed E-state index contributed by atoms with van der Waals surface area (Å²) in [6.45, 7) is 12.3. The van der Waals surface area contributed by atoms with E-state index in [9.17, 15) is 8.42 Å². The quantitative estimate of drug-likeness (QED) is 0.731. The monoisotopic (exact) mass is 310 g/mol. The Labute approximate surface area is 128 Å². The van der Waals surface area contributed by atoms with Crippen molar-refractivity contribution in [2.24, 2.45) is 9.63 Å². The zero-order valence-electron chi connectivity index (χ0n) is 14.0. The summed E-state index contributed by atoms with van der Waals surface area (Å²) in [6.07, 6.45) is 0. The van der Waals surface area contributed by atoms with Gasteiger partial charge in [-0.3, -0.25) is 0 Å². The Kier molecular flexibility index (Phi) is 5.68. The third-order valence-electron chi connectivity index (χ3n) is 3.53. The van der Waals surface area contributed by atoms with Gasteiger partial charge in [0.2, 0.25) is 0 Å². The van der Waals surface area contributed by atoms with E-state index in [2.05, 4.69) is 23.5 Å². The van der Waals surface area contributed by atoms with E-state index in [1.807, 2.05) is 39.8 Å². The van der Waals surface area contributed by atoms with Crippen molar-refractivity contribution in [3.8, 4) is 0 Å². The summed E-state index contributed by atoms with van der Waals surface area (Å²) < 4.78 is 28.5. The Balaban J connectivity index is 3.83. The standard InChI is InChI=1S/C16H26N2O2S/c1-10(2)13-8-14(11(3)4)16(15(9-13)12(5)6)21(19,20)18-17-7/h8-12H,1-7H3. The van der Waals surface area contributed by atoms with Crippen LogP contribution in [-0.4, -0.2) is 15.5 Å². The van der Waals surface area contributed by atoms with Gasteiger partial charge in [-0.1, -0.05) is 58.2 Å². The fraction of sp³-hybridized carbons (Fsp3) is 0.625. The second kappa shape index (κ2) is 6.69. The van der Waals surface area contributed by atoms with Crippen LogP contribution in [0.1, 0.15) is 76.0 Å². The second-order valence-corrected chi connectivity index (χ2v) is 7.77.